The topological polar surface area (TPSA) is 79.6 Å². The number of hydrogen-bond donors (Lipinski definition) is 1. The number of carbonyl (C=O) groups is 3. The Hall–Kier alpha value is -3.41. The molecule has 1 aliphatic rings. The van der Waals surface area contributed by atoms with Crippen LogP contribution in [0.1, 0.15) is 50.6 Å². The Morgan fingerprint density at radius 2 is 1.69 bits per heavy atom. The molecular formula is C23H22N2O4. The van der Waals surface area contributed by atoms with Gasteiger partial charge in [0.1, 0.15) is 11.5 Å². The maximum absolute atomic E-state index is 12.8. The third-order valence-electron chi connectivity index (χ3n) is 5.26. The van der Waals surface area contributed by atoms with Crippen LogP contribution in [0.2, 0.25) is 0 Å². The number of aryl methyl sites for hydroxylation is 2. The fraction of sp³-hybridized carbons (Fsp3) is 0.261. The summed E-state index contributed by atoms with van der Waals surface area (Å²) >= 11 is 0. The SMILES string of the molecule is Cc1cc(CNC(=O)CCCN2C(=O)c3cccc4cccc(c34)C2=O)c(C)o1. The van der Waals surface area contributed by atoms with Crippen molar-refractivity contribution in [1.29, 1.82) is 0 Å². The smallest absolute Gasteiger partial charge is 0.261 e. The van der Waals surface area contributed by atoms with Crippen LogP contribution in [-0.2, 0) is 11.3 Å². The molecule has 1 N–H and O–H groups in total. The summed E-state index contributed by atoms with van der Waals surface area (Å²) < 4.78 is 5.45. The number of carbonyl (C=O) groups excluding carboxylic acids is 3. The van der Waals surface area contributed by atoms with Crippen LogP contribution < -0.4 is 5.32 Å². The van der Waals surface area contributed by atoms with Crippen LogP contribution in [0.4, 0.5) is 0 Å². The lowest BCUT2D eigenvalue weighted by molar-refractivity contribution is -0.121. The van der Waals surface area contributed by atoms with Gasteiger partial charge in [0.25, 0.3) is 11.8 Å². The minimum atomic E-state index is -0.302. The first-order valence-electron chi connectivity index (χ1n) is 9.66. The summed E-state index contributed by atoms with van der Waals surface area (Å²) in [6, 6.07) is 12.8. The Balaban J connectivity index is 1.38. The molecule has 0 spiro atoms. The second kappa shape index (κ2) is 7.54. The molecule has 148 valence electrons. The number of furan rings is 1. The van der Waals surface area contributed by atoms with Crippen molar-refractivity contribution in [2.45, 2.75) is 33.2 Å². The van der Waals surface area contributed by atoms with E-state index in [0.29, 0.717) is 29.5 Å². The van der Waals surface area contributed by atoms with E-state index >= 15 is 0 Å². The van der Waals surface area contributed by atoms with E-state index in [9.17, 15) is 14.4 Å². The van der Waals surface area contributed by atoms with Crippen molar-refractivity contribution in [2.24, 2.45) is 0 Å². The molecule has 0 saturated heterocycles. The van der Waals surface area contributed by atoms with Gasteiger partial charge in [-0.05, 0) is 43.9 Å². The normalized spacial score (nSPS) is 13.2. The Kier molecular flexibility index (Phi) is 4.92. The van der Waals surface area contributed by atoms with Crippen LogP contribution in [0.15, 0.2) is 46.9 Å². The molecule has 6 heteroatoms. The molecule has 3 amide bonds. The molecule has 2 heterocycles. The monoisotopic (exact) mass is 390 g/mol. The summed E-state index contributed by atoms with van der Waals surface area (Å²) in [5, 5.41) is 4.45. The zero-order valence-corrected chi connectivity index (χ0v) is 16.5. The van der Waals surface area contributed by atoms with E-state index in [-0.39, 0.29) is 30.7 Å². The van der Waals surface area contributed by atoms with E-state index in [1.165, 1.54) is 4.90 Å². The van der Waals surface area contributed by atoms with Gasteiger partial charge in [-0.2, -0.15) is 0 Å². The number of imide groups is 1. The molecule has 0 unspecified atom stereocenters. The number of benzene rings is 2. The minimum Gasteiger partial charge on any atom is -0.466 e. The van der Waals surface area contributed by atoms with Crippen LogP contribution in [0.25, 0.3) is 10.8 Å². The Labute approximate surface area is 168 Å². The number of nitrogens with one attached hydrogen (secondary N) is 1. The van der Waals surface area contributed by atoms with Gasteiger partial charge in [0.05, 0.1) is 0 Å². The highest BCUT2D eigenvalue weighted by atomic mass is 16.3. The van der Waals surface area contributed by atoms with Crippen molar-refractivity contribution in [1.82, 2.24) is 10.2 Å². The molecule has 0 bridgehead atoms. The summed E-state index contributed by atoms with van der Waals surface area (Å²) in [6.07, 6.45) is 0.643. The van der Waals surface area contributed by atoms with E-state index in [2.05, 4.69) is 5.32 Å². The lowest BCUT2D eigenvalue weighted by Crippen LogP contribution is -2.41. The fourth-order valence-corrected chi connectivity index (χ4v) is 3.82. The Bertz CT molecular complexity index is 1080. The first-order chi connectivity index (χ1) is 14.0. The molecule has 0 atom stereocenters. The number of amides is 3. The van der Waals surface area contributed by atoms with Gasteiger partial charge in [0.15, 0.2) is 0 Å². The van der Waals surface area contributed by atoms with E-state index in [1.807, 2.05) is 44.2 Å². The predicted octanol–water partition coefficient (Wildman–Crippen LogP) is 3.74. The van der Waals surface area contributed by atoms with Gasteiger partial charge in [-0.3, -0.25) is 19.3 Å². The Morgan fingerprint density at radius 3 is 2.28 bits per heavy atom. The summed E-state index contributed by atoms with van der Waals surface area (Å²) in [6.45, 7) is 4.34. The zero-order valence-electron chi connectivity index (χ0n) is 16.5. The minimum absolute atomic E-state index is 0.123. The first-order valence-corrected chi connectivity index (χ1v) is 9.66. The molecule has 4 rings (SSSR count). The maximum atomic E-state index is 12.8. The molecule has 1 aliphatic heterocycles. The molecule has 0 fully saturated rings. The van der Waals surface area contributed by atoms with Crippen LogP contribution in [0.5, 0.6) is 0 Å². The van der Waals surface area contributed by atoms with Crippen molar-refractivity contribution >= 4 is 28.5 Å². The highest BCUT2D eigenvalue weighted by molar-refractivity contribution is 6.25. The summed E-state index contributed by atoms with van der Waals surface area (Å²) in [4.78, 5) is 39.1. The number of nitrogens with zero attached hydrogens (tertiary/aromatic N) is 1. The molecular weight excluding hydrogens is 368 g/mol. The largest absolute Gasteiger partial charge is 0.466 e. The molecule has 2 aromatic carbocycles. The average Bonchev–Trinajstić information content (AvgIpc) is 3.04. The van der Waals surface area contributed by atoms with Gasteiger partial charge in [0.2, 0.25) is 5.91 Å². The van der Waals surface area contributed by atoms with Crippen molar-refractivity contribution < 1.29 is 18.8 Å². The highest BCUT2D eigenvalue weighted by Crippen LogP contribution is 2.30. The van der Waals surface area contributed by atoms with E-state index in [0.717, 1.165) is 22.5 Å². The predicted molar refractivity (Wildman–Crippen MR) is 109 cm³/mol. The molecule has 0 radical (unpaired) electrons. The average molecular weight is 390 g/mol. The van der Waals surface area contributed by atoms with Crippen molar-refractivity contribution in [3.63, 3.8) is 0 Å². The van der Waals surface area contributed by atoms with Crippen LogP contribution in [0.3, 0.4) is 0 Å². The fourth-order valence-electron chi connectivity index (χ4n) is 3.82. The first kappa shape index (κ1) is 18.9. The lowest BCUT2D eigenvalue weighted by Gasteiger charge is -2.27. The highest BCUT2D eigenvalue weighted by Gasteiger charge is 2.32. The van der Waals surface area contributed by atoms with Crippen LogP contribution in [0, 0.1) is 13.8 Å². The standard InChI is InChI=1S/C23H22N2O4/c1-14-12-17(15(2)29-14)13-24-20(26)10-5-11-25-22(27)18-8-3-6-16-7-4-9-19(21(16)18)23(25)28/h3-4,6-9,12H,5,10-11,13H2,1-2H3,(H,24,26). The second-order valence-electron chi connectivity index (χ2n) is 7.29. The van der Waals surface area contributed by atoms with Gasteiger partial charge >= 0.3 is 0 Å². The van der Waals surface area contributed by atoms with Crippen molar-refractivity contribution in [3.05, 3.63) is 70.7 Å². The van der Waals surface area contributed by atoms with Crippen LogP contribution in [-0.4, -0.2) is 29.2 Å². The van der Waals surface area contributed by atoms with E-state index in [1.54, 1.807) is 12.1 Å². The van der Waals surface area contributed by atoms with Gasteiger partial charge in [-0.15, -0.1) is 0 Å². The molecule has 0 aliphatic carbocycles. The van der Waals surface area contributed by atoms with Crippen molar-refractivity contribution in [2.75, 3.05) is 6.54 Å². The van der Waals surface area contributed by atoms with Gasteiger partial charge in [0, 0.05) is 41.6 Å². The van der Waals surface area contributed by atoms with E-state index < -0.39 is 0 Å². The van der Waals surface area contributed by atoms with Crippen LogP contribution >= 0.6 is 0 Å². The molecule has 1 aromatic heterocycles. The van der Waals surface area contributed by atoms with Gasteiger partial charge in [-0.25, -0.2) is 0 Å². The summed E-state index contributed by atoms with van der Waals surface area (Å²) in [7, 11) is 0. The third kappa shape index (κ3) is 3.53. The third-order valence-corrected chi connectivity index (χ3v) is 5.26. The molecule has 6 nitrogen and oxygen atoms in total. The maximum Gasteiger partial charge on any atom is 0.261 e. The number of rotatable bonds is 6. The van der Waals surface area contributed by atoms with E-state index in [4.69, 9.17) is 4.42 Å². The lowest BCUT2D eigenvalue weighted by atomic mass is 9.94. The molecule has 0 saturated carbocycles. The Morgan fingerprint density at radius 1 is 1.03 bits per heavy atom. The number of hydrogen-bond acceptors (Lipinski definition) is 4. The molecule has 3 aromatic rings. The summed E-state index contributed by atoms with van der Waals surface area (Å²) in [5.74, 6) is 0.875. The second-order valence-corrected chi connectivity index (χ2v) is 7.29. The van der Waals surface area contributed by atoms with Gasteiger partial charge in [-0.1, -0.05) is 24.3 Å². The quantitative estimate of drug-likeness (QED) is 0.650. The van der Waals surface area contributed by atoms with Gasteiger partial charge < -0.3 is 9.73 Å². The zero-order chi connectivity index (χ0) is 20.5. The van der Waals surface area contributed by atoms with Crippen molar-refractivity contribution in [3.8, 4) is 0 Å². The summed E-state index contributed by atoms with van der Waals surface area (Å²) in [5.41, 5.74) is 2.02. The molecule has 29 heavy (non-hydrogen) atoms.